The van der Waals surface area contributed by atoms with E-state index in [1.54, 1.807) is 0 Å². The van der Waals surface area contributed by atoms with Crippen molar-refractivity contribution in [2.45, 2.75) is 76.9 Å². The summed E-state index contributed by atoms with van der Waals surface area (Å²) in [5.41, 5.74) is -0.664. The van der Waals surface area contributed by atoms with Crippen LogP contribution >= 0.6 is 0 Å². The van der Waals surface area contributed by atoms with Crippen molar-refractivity contribution < 1.29 is 9.90 Å². The van der Waals surface area contributed by atoms with Gasteiger partial charge in [0.2, 0.25) is 0 Å². The number of hydrogen-bond donors (Lipinski definition) is 3. The van der Waals surface area contributed by atoms with E-state index in [2.05, 4.69) is 17.6 Å². The Morgan fingerprint density at radius 2 is 2.00 bits per heavy atom. The van der Waals surface area contributed by atoms with Gasteiger partial charge in [0.15, 0.2) is 0 Å². The molecule has 0 heterocycles. The number of hydrogen-bond acceptors (Lipinski definition) is 2. The fraction of sp³-hybridized carbons (Fsp3) is 0.929. The van der Waals surface area contributed by atoms with E-state index in [1.807, 2.05) is 6.92 Å². The van der Waals surface area contributed by atoms with Gasteiger partial charge in [0.25, 0.3) is 0 Å². The number of nitrogens with one attached hydrogen (secondary N) is 2. The average Bonchev–Trinajstić information content (AvgIpc) is 2.75. The lowest BCUT2D eigenvalue weighted by Gasteiger charge is -2.23. The lowest BCUT2D eigenvalue weighted by Crippen LogP contribution is -2.47. The van der Waals surface area contributed by atoms with E-state index in [0.29, 0.717) is 6.54 Å². The van der Waals surface area contributed by atoms with Gasteiger partial charge in [0, 0.05) is 12.6 Å². The summed E-state index contributed by atoms with van der Waals surface area (Å²) in [6.07, 6.45) is 8.33. The van der Waals surface area contributed by atoms with Crippen molar-refractivity contribution in [3.63, 3.8) is 0 Å². The SMILES string of the molecule is CCCCCC(C)NC(=O)NCC1(O)CCCC1. The summed E-state index contributed by atoms with van der Waals surface area (Å²) in [5.74, 6) is 0. The van der Waals surface area contributed by atoms with E-state index >= 15 is 0 Å². The van der Waals surface area contributed by atoms with Crippen molar-refractivity contribution in [3.8, 4) is 0 Å². The molecule has 0 aromatic carbocycles. The van der Waals surface area contributed by atoms with E-state index in [-0.39, 0.29) is 12.1 Å². The van der Waals surface area contributed by atoms with E-state index in [9.17, 15) is 9.90 Å². The first kappa shape index (κ1) is 15.3. The molecule has 0 aromatic heterocycles. The Morgan fingerprint density at radius 3 is 2.61 bits per heavy atom. The van der Waals surface area contributed by atoms with Crippen LogP contribution in [-0.2, 0) is 0 Å². The Hall–Kier alpha value is -0.770. The van der Waals surface area contributed by atoms with Crippen molar-refractivity contribution in [2.75, 3.05) is 6.54 Å². The van der Waals surface area contributed by atoms with Crippen LogP contribution in [0.25, 0.3) is 0 Å². The van der Waals surface area contributed by atoms with Crippen molar-refractivity contribution in [2.24, 2.45) is 0 Å². The molecular weight excluding hydrogens is 228 g/mol. The minimum atomic E-state index is -0.664. The molecule has 106 valence electrons. The highest BCUT2D eigenvalue weighted by Gasteiger charge is 2.31. The number of unbranched alkanes of at least 4 members (excludes halogenated alkanes) is 2. The topological polar surface area (TPSA) is 61.4 Å². The molecule has 1 saturated carbocycles. The lowest BCUT2D eigenvalue weighted by molar-refractivity contribution is 0.0500. The molecule has 0 aromatic rings. The number of carbonyl (C=O) groups excluding carboxylic acids is 1. The molecule has 3 N–H and O–H groups in total. The first-order chi connectivity index (χ1) is 8.56. The van der Waals surface area contributed by atoms with E-state index in [4.69, 9.17) is 0 Å². The highest BCUT2D eigenvalue weighted by molar-refractivity contribution is 5.74. The summed E-state index contributed by atoms with van der Waals surface area (Å²) in [4.78, 5) is 11.7. The average molecular weight is 256 g/mol. The third-order valence-electron chi connectivity index (χ3n) is 3.73. The van der Waals surface area contributed by atoms with Gasteiger partial charge >= 0.3 is 6.03 Å². The molecule has 1 aliphatic rings. The van der Waals surface area contributed by atoms with E-state index in [0.717, 1.165) is 38.5 Å². The van der Waals surface area contributed by atoms with Gasteiger partial charge in [-0.05, 0) is 26.2 Å². The highest BCUT2D eigenvalue weighted by Crippen LogP contribution is 2.28. The summed E-state index contributed by atoms with van der Waals surface area (Å²) in [5, 5.41) is 15.8. The van der Waals surface area contributed by atoms with Gasteiger partial charge in [-0.25, -0.2) is 4.79 Å². The minimum absolute atomic E-state index is 0.153. The maximum Gasteiger partial charge on any atom is 0.315 e. The van der Waals surface area contributed by atoms with E-state index < -0.39 is 5.60 Å². The maximum atomic E-state index is 11.7. The second-order valence-corrected chi connectivity index (χ2v) is 5.66. The fourth-order valence-electron chi connectivity index (χ4n) is 2.50. The fourth-order valence-corrected chi connectivity index (χ4v) is 2.50. The summed E-state index contributed by atoms with van der Waals surface area (Å²) in [6, 6.07) is 0.0501. The predicted octanol–water partition coefficient (Wildman–Crippen LogP) is 2.56. The molecule has 1 aliphatic carbocycles. The Balaban J connectivity index is 2.12. The zero-order chi connectivity index (χ0) is 13.4. The van der Waals surface area contributed by atoms with Gasteiger partial charge in [-0.1, -0.05) is 39.0 Å². The van der Waals surface area contributed by atoms with Crippen molar-refractivity contribution in [3.05, 3.63) is 0 Å². The van der Waals surface area contributed by atoms with Crippen molar-refractivity contribution in [1.82, 2.24) is 10.6 Å². The van der Waals surface area contributed by atoms with Crippen molar-refractivity contribution in [1.29, 1.82) is 0 Å². The normalized spacial score (nSPS) is 19.5. The third-order valence-corrected chi connectivity index (χ3v) is 3.73. The molecular formula is C14H28N2O2. The number of urea groups is 1. The number of carbonyl (C=O) groups is 1. The molecule has 4 nitrogen and oxygen atoms in total. The molecule has 1 rings (SSSR count). The first-order valence-electron chi connectivity index (χ1n) is 7.32. The van der Waals surface area contributed by atoms with Gasteiger partial charge in [0.05, 0.1) is 5.60 Å². The Labute approximate surface area is 111 Å². The van der Waals surface area contributed by atoms with Gasteiger partial charge < -0.3 is 15.7 Å². The smallest absolute Gasteiger partial charge is 0.315 e. The quantitative estimate of drug-likeness (QED) is 0.613. The number of amides is 2. The Kier molecular flexibility index (Phi) is 6.47. The Morgan fingerprint density at radius 1 is 1.33 bits per heavy atom. The molecule has 0 bridgehead atoms. The van der Waals surface area contributed by atoms with Crippen LogP contribution in [0.15, 0.2) is 0 Å². The Bertz CT molecular complexity index is 250. The molecule has 0 saturated heterocycles. The summed E-state index contributed by atoms with van der Waals surface area (Å²) in [7, 11) is 0. The van der Waals surface area contributed by atoms with Gasteiger partial charge in [-0.2, -0.15) is 0 Å². The molecule has 1 atom stereocenters. The standard InChI is InChI=1S/C14H28N2O2/c1-3-4-5-8-12(2)16-13(17)15-11-14(18)9-6-7-10-14/h12,18H,3-11H2,1-2H3,(H2,15,16,17). The molecule has 0 aliphatic heterocycles. The molecule has 0 spiro atoms. The second kappa shape index (κ2) is 7.62. The second-order valence-electron chi connectivity index (χ2n) is 5.66. The molecule has 4 heteroatoms. The summed E-state index contributed by atoms with van der Waals surface area (Å²) < 4.78 is 0. The van der Waals surface area contributed by atoms with Gasteiger partial charge in [0.1, 0.15) is 0 Å². The van der Waals surface area contributed by atoms with Crippen LogP contribution in [-0.4, -0.2) is 29.3 Å². The van der Waals surface area contributed by atoms with E-state index in [1.165, 1.54) is 12.8 Å². The van der Waals surface area contributed by atoms with Crippen molar-refractivity contribution >= 4 is 6.03 Å². The van der Waals surface area contributed by atoms with Crippen LogP contribution in [0.1, 0.15) is 65.2 Å². The van der Waals surface area contributed by atoms with Gasteiger partial charge in [-0.15, -0.1) is 0 Å². The van der Waals surface area contributed by atoms with Crippen LogP contribution in [0.5, 0.6) is 0 Å². The number of aliphatic hydroxyl groups is 1. The molecule has 1 unspecified atom stereocenters. The third kappa shape index (κ3) is 5.71. The zero-order valence-electron chi connectivity index (χ0n) is 11.8. The molecule has 0 radical (unpaired) electrons. The zero-order valence-corrected chi connectivity index (χ0v) is 11.8. The maximum absolute atomic E-state index is 11.7. The molecule has 1 fully saturated rings. The van der Waals surface area contributed by atoms with Gasteiger partial charge in [-0.3, -0.25) is 0 Å². The summed E-state index contributed by atoms with van der Waals surface area (Å²) >= 11 is 0. The van der Waals surface area contributed by atoms with Crippen LogP contribution in [0, 0.1) is 0 Å². The van der Waals surface area contributed by atoms with Crippen LogP contribution in [0.4, 0.5) is 4.79 Å². The van der Waals surface area contributed by atoms with Crippen LogP contribution in [0.3, 0.4) is 0 Å². The van der Waals surface area contributed by atoms with Crippen LogP contribution in [0.2, 0.25) is 0 Å². The molecule has 18 heavy (non-hydrogen) atoms. The largest absolute Gasteiger partial charge is 0.388 e. The predicted molar refractivity (Wildman–Crippen MR) is 73.6 cm³/mol. The first-order valence-corrected chi connectivity index (χ1v) is 7.32. The molecule has 2 amide bonds. The lowest BCUT2D eigenvalue weighted by atomic mass is 10.0. The highest BCUT2D eigenvalue weighted by atomic mass is 16.3. The summed E-state index contributed by atoms with van der Waals surface area (Å²) in [6.45, 7) is 4.58. The monoisotopic (exact) mass is 256 g/mol. The van der Waals surface area contributed by atoms with Crippen LogP contribution < -0.4 is 10.6 Å². The number of rotatable bonds is 7. The minimum Gasteiger partial charge on any atom is -0.388 e.